The van der Waals surface area contributed by atoms with Crippen LogP contribution in [0.2, 0.25) is 0 Å². The highest BCUT2D eigenvalue weighted by molar-refractivity contribution is 5.81. The molecule has 1 amide bonds. The van der Waals surface area contributed by atoms with Crippen molar-refractivity contribution in [3.63, 3.8) is 0 Å². The van der Waals surface area contributed by atoms with Crippen molar-refractivity contribution >= 4 is 5.91 Å². The predicted molar refractivity (Wildman–Crippen MR) is 79.1 cm³/mol. The van der Waals surface area contributed by atoms with Crippen molar-refractivity contribution < 1.29 is 18.3 Å². The van der Waals surface area contributed by atoms with Crippen LogP contribution in [0.3, 0.4) is 0 Å². The Labute approximate surface area is 129 Å². The topological polar surface area (TPSA) is 55.6 Å². The molecule has 0 bridgehead atoms. The molecule has 1 unspecified atom stereocenters. The molecule has 2 N–H and O–H groups in total. The number of nitrogens with zero attached hydrogens (tertiary/aromatic N) is 1. The van der Waals surface area contributed by atoms with E-state index < -0.39 is 23.8 Å². The lowest BCUT2D eigenvalue weighted by Crippen LogP contribution is -2.49. The van der Waals surface area contributed by atoms with Crippen LogP contribution in [0.1, 0.15) is 31.9 Å². The molecule has 0 aliphatic carbocycles. The van der Waals surface area contributed by atoms with Crippen molar-refractivity contribution in [2.45, 2.75) is 32.4 Å². The fourth-order valence-electron chi connectivity index (χ4n) is 2.61. The van der Waals surface area contributed by atoms with Gasteiger partial charge in [-0.15, -0.1) is 0 Å². The zero-order chi connectivity index (χ0) is 16.3. The number of amides is 1. The molecule has 1 heterocycles. The summed E-state index contributed by atoms with van der Waals surface area (Å²) in [6, 6.07) is 3.12. The van der Waals surface area contributed by atoms with Gasteiger partial charge in [-0.1, -0.05) is 19.9 Å². The van der Waals surface area contributed by atoms with Gasteiger partial charge in [0.25, 0.3) is 0 Å². The quantitative estimate of drug-likeness (QED) is 0.927. The van der Waals surface area contributed by atoms with Gasteiger partial charge in [0.05, 0.1) is 19.2 Å². The monoisotopic (exact) mass is 312 g/mol. The molecule has 1 fully saturated rings. The van der Waals surface area contributed by atoms with E-state index in [1.165, 1.54) is 6.07 Å². The minimum Gasteiger partial charge on any atom is -0.370 e. The second-order valence-corrected chi connectivity index (χ2v) is 6.05. The SMILES string of the molecule is CC(C)C[C@H](N)C(=O)N1CCOC(c2ccc(F)c(F)c2)C1. The van der Waals surface area contributed by atoms with E-state index in [1.54, 1.807) is 4.90 Å². The lowest BCUT2D eigenvalue weighted by atomic mass is 10.0. The number of carbonyl (C=O) groups is 1. The van der Waals surface area contributed by atoms with Gasteiger partial charge in [-0.25, -0.2) is 8.78 Å². The second kappa shape index (κ2) is 7.15. The molecule has 2 rings (SSSR count). The largest absolute Gasteiger partial charge is 0.370 e. The molecule has 1 aromatic carbocycles. The lowest BCUT2D eigenvalue weighted by Gasteiger charge is -2.34. The maximum Gasteiger partial charge on any atom is 0.239 e. The van der Waals surface area contributed by atoms with Crippen molar-refractivity contribution in [2.75, 3.05) is 19.7 Å². The molecule has 1 aliphatic rings. The van der Waals surface area contributed by atoms with Crippen molar-refractivity contribution in [3.05, 3.63) is 35.4 Å². The molecule has 0 aromatic heterocycles. The molecule has 0 spiro atoms. The van der Waals surface area contributed by atoms with Gasteiger partial charge in [0.15, 0.2) is 11.6 Å². The number of carbonyl (C=O) groups excluding carboxylic acids is 1. The first-order valence-electron chi connectivity index (χ1n) is 7.49. The van der Waals surface area contributed by atoms with E-state index in [2.05, 4.69) is 0 Å². The zero-order valence-corrected chi connectivity index (χ0v) is 12.9. The molecule has 6 heteroatoms. The van der Waals surface area contributed by atoms with E-state index >= 15 is 0 Å². The summed E-state index contributed by atoms with van der Waals surface area (Å²) in [7, 11) is 0. The Bertz CT molecular complexity index is 537. The third kappa shape index (κ3) is 4.01. The highest BCUT2D eigenvalue weighted by atomic mass is 19.2. The summed E-state index contributed by atoms with van der Waals surface area (Å²) in [5, 5.41) is 0. The smallest absolute Gasteiger partial charge is 0.239 e. The average molecular weight is 312 g/mol. The van der Waals surface area contributed by atoms with Gasteiger partial charge in [0.2, 0.25) is 5.91 Å². The van der Waals surface area contributed by atoms with E-state index in [1.807, 2.05) is 13.8 Å². The molecule has 0 radical (unpaired) electrons. The van der Waals surface area contributed by atoms with Gasteiger partial charge in [-0.3, -0.25) is 4.79 Å². The van der Waals surface area contributed by atoms with E-state index in [0.717, 1.165) is 12.1 Å². The molecular weight excluding hydrogens is 290 g/mol. The van der Waals surface area contributed by atoms with Gasteiger partial charge in [0.1, 0.15) is 6.10 Å². The first kappa shape index (κ1) is 16.8. The van der Waals surface area contributed by atoms with E-state index in [0.29, 0.717) is 37.6 Å². The van der Waals surface area contributed by atoms with E-state index in [9.17, 15) is 13.6 Å². The molecular formula is C16H22F2N2O2. The highest BCUT2D eigenvalue weighted by Gasteiger charge is 2.29. The number of hydrogen-bond acceptors (Lipinski definition) is 3. The van der Waals surface area contributed by atoms with Crippen LogP contribution in [0, 0.1) is 17.6 Å². The summed E-state index contributed by atoms with van der Waals surface area (Å²) in [5.74, 6) is -1.60. The molecule has 2 atom stereocenters. The summed E-state index contributed by atoms with van der Waals surface area (Å²) in [6.45, 7) is 5.14. The highest BCUT2D eigenvalue weighted by Crippen LogP contribution is 2.24. The van der Waals surface area contributed by atoms with Gasteiger partial charge >= 0.3 is 0 Å². The standard InChI is InChI=1S/C16H22F2N2O2/c1-10(2)7-14(19)16(21)20-5-6-22-15(9-20)11-3-4-12(17)13(18)8-11/h3-4,8,10,14-15H,5-7,9,19H2,1-2H3/t14-,15?/m0/s1. The van der Waals surface area contributed by atoms with Crippen LogP contribution in [0.25, 0.3) is 0 Å². The number of benzene rings is 1. The zero-order valence-electron chi connectivity index (χ0n) is 12.9. The van der Waals surface area contributed by atoms with Crippen LogP contribution in [-0.4, -0.2) is 36.5 Å². The number of nitrogens with two attached hydrogens (primary N) is 1. The summed E-state index contributed by atoms with van der Waals surface area (Å²) in [4.78, 5) is 14.0. The molecule has 122 valence electrons. The number of morpholine rings is 1. The second-order valence-electron chi connectivity index (χ2n) is 6.05. The lowest BCUT2D eigenvalue weighted by molar-refractivity contribution is -0.140. The molecule has 1 saturated heterocycles. The van der Waals surface area contributed by atoms with Crippen LogP contribution >= 0.6 is 0 Å². The Morgan fingerprint density at radius 3 is 2.77 bits per heavy atom. The number of rotatable bonds is 4. The molecule has 22 heavy (non-hydrogen) atoms. The van der Waals surface area contributed by atoms with Crippen LogP contribution < -0.4 is 5.73 Å². The van der Waals surface area contributed by atoms with Crippen molar-refractivity contribution in [1.29, 1.82) is 0 Å². The molecule has 4 nitrogen and oxygen atoms in total. The maximum atomic E-state index is 13.3. The molecule has 1 aromatic rings. The third-order valence-electron chi connectivity index (χ3n) is 3.74. The van der Waals surface area contributed by atoms with Crippen molar-refractivity contribution in [2.24, 2.45) is 11.7 Å². The minimum absolute atomic E-state index is 0.121. The van der Waals surface area contributed by atoms with Gasteiger partial charge in [0, 0.05) is 6.54 Å². The van der Waals surface area contributed by atoms with E-state index in [-0.39, 0.29) is 5.91 Å². The Balaban J connectivity index is 2.05. The Morgan fingerprint density at radius 1 is 1.41 bits per heavy atom. The van der Waals surface area contributed by atoms with Crippen LogP contribution in [0.5, 0.6) is 0 Å². The summed E-state index contributed by atoms with van der Waals surface area (Å²) in [5.41, 5.74) is 6.46. The normalized spacial score (nSPS) is 20.3. The van der Waals surface area contributed by atoms with E-state index in [4.69, 9.17) is 10.5 Å². The molecule has 1 aliphatic heterocycles. The summed E-state index contributed by atoms with van der Waals surface area (Å²) in [6.07, 6.45) is 0.158. The minimum atomic E-state index is -0.916. The van der Waals surface area contributed by atoms with Crippen molar-refractivity contribution in [3.8, 4) is 0 Å². The van der Waals surface area contributed by atoms with Gasteiger partial charge in [-0.2, -0.15) is 0 Å². The van der Waals surface area contributed by atoms with Crippen LogP contribution in [0.15, 0.2) is 18.2 Å². The fourth-order valence-corrected chi connectivity index (χ4v) is 2.61. The van der Waals surface area contributed by atoms with Gasteiger partial charge in [-0.05, 0) is 30.0 Å². The predicted octanol–water partition coefficient (Wildman–Crippen LogP) is 2.24. The summed E-state index contributed by atoms with van der Waals surface area (Å²) < 4.78 is 31.9. The third-order valence-corrected chi connectivity index (χ3v) is 3.74. The first-order valence-corrected chi connectivity index (χ1v) is 7.49. The first-order chi connectivity index (χ1) is 10.4. The Morgan fingerprint density at radius 2 is 2.14 bits per heavy atom. The Hall–Kier alpha value is -1.53. The maximum absolute atomic E-state index is 13.3. The van der Waals surface area contributed by atoms with Crippen molar-refractivity contribution in [1.82, 2.24) is 4.90 Å². The van der Waals surface area contributed by atoms with Crippen LogP contribution in [0.4, 0.5) is 8.78 Å². The fraction of sp³-hybridized carbons (Fsp3) is 0.562. The number of halogens is 2. The molecule has 0 saturated carbocycles. The number of ether oxygens (including phenoxy) is 1. The average Bonchev–Trinajstić information content (AvgIpc) is 2.48. The Kier molecular flexibility index (Phi) is 5.47. The summed E-state index contributed by atoms with van der Waals surface area (Å²) >= 11 is 0. The van der Waals surface area contributed by atoms with Gasteiger partial charge < -0.3 is 15.4 Å². The number of hydrogen-bond donors (Lipinski definition) is 1. The van der Waals surface area contributed by atoms with Crippen LogP contribution in [-0.2, 0) is 9.53 Å².